The fourth-order valence-electron chi connectivity index (χ4n) is 4.13. The number of aliphatic hydroxyl groups excluding tert-OH is 1. The van der Waals surface area contributed by atoms with Gasteiger partial charge in [-0.2, -0.15) is 5.26 Å². The highest BCUT2D eigenvalue weighted by Gasteiger charge is 2.27. The molecule has 0 radical (unpaired) electrons. The van der Waals surface area contributed by atoms with Crippen molar-refractivity contribution in [3.8, 4) is 6.07 Å². The molecule has 0 spiro atoms. The van der Waals surface area contributed by atoms with Gasteiger partial charge in [-0.25, -0.2) is 0 Å². The summed E-state index contributed by atoms with van der Waals surface area (Å²) in [6.07, 6.45) is 0.436. The summed E-state index contributed by atoms with van der Waals surface area (Å²) in [4.78, 5) is 28.7. The summed E-state index contributed by atoms with van der Waals surface area (Å²) in [5.74, 6) is -0.520. The van der Waals surface area contributed by atoms with Crippen LogP contribution in [0.1, 0.15) is 63.1 Å². The smallest absolute Gasteiger partial charge is 0.256 e. The number of aromatic amines is 1. The molecule has 5 N–H and O–H groups in total. The van der Waals surface area contributed by atoms with Gasteiger partial charge in [0.25, 0.3) is 11.8 Å². The Balaban J connectivity index is 0.00000115. The van der Waals surface area contributed by atoms with Gasteiger partial charge in [0.15, 0.2) is 6.10 Å². The van der Waals surface area contributed by atoms with Gasteiger partial charge < -0.3 is 26.0 Å². The number of aryl methyl sites for hydroxylation is 1. The highest BCUT2D eigenvalue weighted by molar-refractivity contribution is 6.35. The molecule has 0 saturated heterocycles. The number of H-pyrrole nitrogens is 1. The molecule has 4 rings (SSSR count). The fourth-order valence-corrected chi connectivity index (χ4v) is 4.13. The van der Waals surface area contributed by atoms with Gasteiger partial charge in [0.1, 0.15) is 0 Å². The van der Waals surface area contributed by atoms with E-state index in [1.54, 1.807) is 38.1 Å². The van der Waals surface area contributed by atoms with E-state index in [1.807, 2.05) is 57.4 Å². The van der Waals surface area contributed by atoms with Crippen LogP contribution in [0, 0.1) is 25.2 Å². The molecule has 0 aliphatic carbocycles. The van der Waals surface area contributed by atoms with Crippen LogP contribution in [-0.2, 0) is 4.79 Å². The van der Waals surface area contributed by atoms with Gasteiger partial charge in [-0.3, -0.25) is 9.59 Å². The van der Waals surface area contributed by atoms with Crippen molar-refractivity contribution < 1.29 is 14.7 Å². The molecule has 186 valence electrons. The standard InChI is InChI=1S/C26H24N4O3.C2H7N/c1-14-22(28-16(3)24(14)23(31)13-27)12-20-19-11-18(9-10-21(19)30-26(20)33)25(32)29-15(2)17-7-5-4-6-8-17;1-3-2/h4-12,15,23,28,31H,1-3H3,(H,29,32)(H,30,33);3H,1-2H3/b20-12-;. The molecule has 36 heavy (non-hydrogen) atoms. The largest absolute Gasteiger partial charge is 0.374 e. The Hall–Kier alpha value is -4.19. The van der Waals surface area contributed by atoms with E-state index in [9.17, 15) is 14.7 Å². The molecule has 2 atom stereocenters. The van der Waals surface area contributed by atoms with Gasteiger partial charge >= 0.3 is 0 Å². The third-order valence-corrected chi connectivity index (χ3v) is 5.93. The fraction of sp³-hybridized carbons (Fsp3) is 0.250. The van der Waals surface area contributed by atoms with Crippen LogP contribution in [0.5, 0.6) is 0 Å². The Kier molecular flexibility index (Phi) is 8.43. The summed E-state index contributed by atoms with van der Waals surface area (Å²) in [6, 6.07) is 16.4. The molecule has 2 aromatic carbocycles. The van der Waals surface area contributed by atoms with Crippen LogP contribution in [0.4, 0.5) is 5.69 Å². The molecule has 1 aliphatic rings. The van der Waals surface area contributed by atoms with E-state index < -0.39 is 6.10 Å². The summed E-state index contributed by atoms with van der Waals surface area (Å²) in [5.41, 5.74) is 5.57. The maximum Gasteiger partial charge on any atom is 0.256 e. The number of nitrogens with one attached hydrogen (secondary N) is 4. The van der Waals surface area contributed by atoms with Gasteiger partial charge in [-0.05, 0) is 70.3 Å². The van der Waals surface area contributed by atoms with Crippen molar-refractivity contribution in [1.29, 1.82) is 5.26 Å². The van der Waals surface area contributed by atoms with Crippen LogP contribution in [0.25, 0.3) is 11.6 Å². The van der Waals surface area contributed by atoms with Crippen LogP contribution in [0.15, 0.2) is 48.5 Å². The Morgan fingerprint density at radius 3 is 2.44 bits per heavy atom. The zero-order valence-corrected chi connectivity index (χ0v) is 21.1. The molecule has 0 fully saturated rings. The van der Waals surface area contributed by atoms with Gasteiger partial charge in [-0.15, -0.1) is 0 Å². The van der Waals surface area contributed by atoms with Crippen molar-refractivity contribution in [3.63, 3.8) is 0 Å². The van der Waals surface area contributed by atoms with Gasteiger partial charge in [0.2, 0.25) is 0 Å². The average Bonchev–Trinajstić information content (AvgIpc) is 3.33. The summed E-state index contributed by atoms with van der Waals surface area (Å²) < 4.78 is 0. The Labute approximate surface area is 211 Å². The second kappa shape index (κ2) is 11.5. The molecule has 2 unspecified atom stereocenters. The van der Waals surface area contributed by atoms with Crippen LogP contribution < -0.4 is 16.0 Å². The number of carbonyl (C=O) groups excluding carboxylic acids is 2. The Morgan fingerprint density at radius 2 is 1.81 bits per heavy atom. The van der Waals surface area contributed by atoms with Crippen LogP contribution in [0.3, 0.4) is 0 Å². The van der Waals surface area contributed by atoms with Crippen molar-refractivity contribution in [3.05, 3.63) is 87.7 Å². The van der Waals surface area contributed by atoms with Gasteiger partial charge in [-0.1, -0.05) is 30.3 Å². The van der Waals surface area contributed by atoms with E-state index in [-0.39, 0.29) is 17.9 Å². The number of rotatable bonds is 5. The van der Waals surface area contributed by atoms with E-state index in [4.69, 9.17) is 5.26 Å². The highest BCUT2D eigenvalue weighted by atomic mass is 16.3. The minimum absolute atomic E-state index is 0.170. The number of carbonyl (C=O) groups is 2. The van der Waals surface area contributed by atoms with Crippen molar-refractivity contribution in [2.45, 2.75) is 32.9 Å². The van der Waals surface area contributed by atoms with Crippen molar-refractivity contribution in [1.82, 2.24) is 15.6 Å². The lowest BCUT2D eigenvalue weighted by Crippen LogP contribution is -2.26. The number of anilines is 1. The summed E-state index contributed by atoms with van der Waals surface area (Å²) in [6.45, 7) is 5.47. The first-order valence-corrected chi connectivity index (χ1v) is 11.6. The molecule has 8 heteroatoms. The molecule has 3 aromatic rings. The summed E-state index contributed by atoms with van der Waals surface area (Å²) in [7, 11) is 3.75. The molecule has 0 saturated carbocycles. The highest BCUT2D eigenvalue weighted by Crippen LogP contribution is 2.35. The second-order valence-electron chi connectivity index (χ2n) is 8.61. The van der Waals surface area contributed by atoms with E-state index in [0.29, 0.717) is 44.9 Å². The van der Waals surface area contributed by atoms with E-state index in [0.717, 1.165) is 5.56 Å². The van der Waals surface area contributed by atoms with Crippen LogP contribution in [-0.4, -0.2) is 36.0 Å². The van der Waals surface area contributed by atoms with Gasteiger partial charge in [0, 0.05) is 33.8 Å². The lowest BCUT2D eigenvalue weighted by atomic mass is 10.0. The number of aliphatic hydroxyl groups is 1. The minimum atomic E-state index is -1.25. The topological polar surface area (TPSA) is 130 Å². The first-order valence-electron chi connectivity index (χ1n) is 11.6. The number of nitriles is 1. The number of nitrogens with zero attached hydrogens (tertiary/aromatic N) is 1. The lowest BCUT2D eigenvalue weighted by Gasteiger charge is -2.14. The predicted octanol–water partition coefficient (Wildman–Crippen LogP) is 4.01. The van der Waals surface area contributed by atoms with Crippen LogP contribution >= 0.6 is 0 Å². The number of hydrogen-bond acceptors (Lipinski definition) is 5. The van der Waals surface area contributed by atoms with E-state index >= 15 is 0 Å². The lowest BCUT2D eigenvalue weighted by molar-refractivity contribution is -0.110. The molecular formula is C28H31N5O3. The molecule has 2 amide bonds. The van der Waals surface area contributed by atoms with Crippen molar-refractivity contribution in [2.75, 3.05) is 19.4 Å². The number of hydrogen-bond donors (Lipinski definition) is 5. The summed E-state index contributed by atoms with van der Waals surface area (Å²) in [5, 5.41) is 27.7. The maximum atomic E-state index is 12.9. The average molecular weight is 486 g/mol. The Morgan fingerprint density at radius 1 is 1.14 bits per heavy atom. The quantitative estimate of drug-likeness (QED) is 0.275. The molecule has 0 bridgehead atoms. The third kappa shape index (κ3) is 5.54. The molecule has 1 aromatic heterocycles. The zero-order chi connectivity index (χ0) is 26.4. The molecule has 1 aliphatic heterocycles. The number of amides is 2. The first kappa shape index (κ1) is 26.4. The summed E-state index contributed by atoms with van der Waals surface area (Å²) >= 11 is 0. The van der Waals surface area contributed by atoms with E-state index in [2.05, 4.69) is 20.9 Å². The normalized spacial score (nSPS) is 14.7. The SMILES string of the molecule is CNC.Cc1[nH]c(/C=C2\C(=O)Nc3ccc(C(=O)NC(C)c4ccccc4)cc32)c(C)c1C(O)C#N. The molecular weight excluding hydrogens is 454 g/mol. The van der Waals surface area contributed by atoms with Crippen molar-refractivity contribution >= 4 is 29.2 Å². The first-order chi connectivity index (χ1) is 17.2. The number of benzene rings is 2. The van der Waals surface area contributed by atoms with E-state index in [1.165, 1.54) is 0 Å². The monoisotopic (exact) mass is 485 g/mol. The maximum absolute atomic E-state index is 12.9. The zero-order valence-electron chi connectivity index (χ0n) is 21.1. The third-order valence-electron chi connectivity index (χ3n) is 5.93. The molecule has 2 heterocycles. The van der Waals surface area contributed by atoms with Crippen molar-refractivity contribution in [2.24, 2.45) is 0 Å². The van der Waals surface area contributed by atoms with Crippen LogP contribution in [0.2, 0.25) is 0 Å². The number of fused-ring (bicyclic) bond motifs is 1. The number of aromatic nitrogens is 1. The molecule has 8 nitrogen and oxygen atoms in total. The van der Waals surface area contributed by atoms with Gasteiger partial charge in [0.05, 0.1) is 17.7 Å². The minimum Gasteiger partial charge on any atom is -0.374 e. The predicted molar refractivity (Wildman–Crippen MR) is 141 cm³/mol. The second-order valence-corrected chi connectivity index (χ2v) is 8.61. The Bertz CT molecular complexity index is 1340.